The van der Waals surface area contributed by atoms with Gasteiger partial charge in [0.1, 0.15) is 11.6 Å². The smallest absolute Gasteiger partial charge is 0.237 e. The van der Waals surface area contributed by atoms with Crippen LogP contribution in [0.2, 0.25) is 0 Å². The predicted octanol–water partition coefficient (Wildman–Crippen LogP) is 4.18. The summed E-state index contributed by atoms with van der Waals surface area (Å²) in [5, 5.41) is 9.20. The normalized spacial score (nSPS) is 12.0. The first-order valence-corrected chi connectivity index (χ1v) is 8.72. The number of amides is 1. The van der Waals surface area contributed by atoms with Gasteiger partial charge in [-0.3, -0.25) is 9.89 Å². The van der Waals surface area contributed by atoms with Crippen LogP contribution in [0.25, 0.3) is 11.4 Å². The highest BCUT2D eigenvalue weighted by Crippen LogP contribution is 2.24. The van der Waals surface area contributed by atoms with Gasteiger partial charge in [-0.15, -0.1) is 5.10 Å². The first-order valence-electron chi connectivity index (χ1n) is 7.84. The number of carbonyl (C=O) groups is 1. The second kappa shape index (κ2) is 7.65. The summed E-state index contributed by atoms with van der Waals surface area (Å²) in [4.78, 5) is 16.6. The molecule has 1 amide bonds. The number of nitrogens with one attached hydrogen (secondary N) is 2. The highest BCUT2D eigenvalue weighted by Gasteiger charge is 2.19. The summed E-state index contributed by atoms with van der Waals surface area (Å²) in [7, 11) is 0. The van der Waals surface area contributed by atoms with Crippen molar-refractivity contribution in [3.05, 3.63) is 59.7 Å². The molecule has 0 aliphatic carbocycles. The number of halogens is 2. The minimum absolute atomic E-state index is 0.0702. The first kappa shape index (κ1) is 18.1. The van der Waals surface area contributed by atoms with Crippen molar-refractivity contribution in [2.45, 2.75) is 24.3 Å². The van der Waals surface area contributed by atoms with E-state index in [4.69, 9.17) is 0 Å². The van der Waals surface area contributed by atoms with Crippen molar-refractivity contribution in [1.29, 1.82) is 0 Å². The molecule has 0 aliphatic rings. The molecule has 26 heavy (non-hydrogen) atoms. The highest BCUT2D eigenvalue weighted by atomic mass is 32.2. The third kappa shape index (κ3) is 4.26. The second-order valence-corrected chi connectivity index (χ2v) is 7.01. The maximum Gasteiger partial charge on any atom is 0.237 e. The van der Waals surface area contributed by atoms with Gasteiger partial charge in [0.2, 0.25) is 11.1 Å². The fourth-order valence-corrected chi connectivity index (χ4v) is 2.90. The standard InChI is InChI=1S/C18H16F2N4OS/c1-10-3-5-12(6-4-10)16-22-18(24-23-16)26-11(2)17(25)21-15-8-7-13(19)9-14(15)20/h3-9,11H,1-2H3,(H,21,25)(H,22,23,24)/t11-/m1/s1. The molecule has 0 spiro atoms. The number of nitrogens with zero attached hydrogens (tertiary/aromatic N) is 2. The van der Waals surface area contributed by atoms with Gasteiger partial charge in [-0.1, -0.05) is 41.6 Å². The van der Waals surface area contributed by atoms with Gasteiger partial charge in [0.15, 0.2) is 5.82 Å². The number of anilines is 1. The topological polar surface area (TPSA) is 70.7 Å². The van der Waals surface area contributed by atoms with Crippen molar-refractivity contribution in [3.63, 3.8) is 0 Å². The summed E-state index contributed by atoms with van der Waals surface area (Å²) < 4.78 is 26.5. The second-order valence-electron chi connectivity index (χ2n) is 5.71. The van der Waals surface area contributed by atoms with Crippen molar-refractivity contribution >= 4 is 23.4 Å². The van der Waals surface area contributed by atoms with E-state index in [-0.39, 0.29) is 5.69 Å². The Balaban J connectivity index is 1.65. The van der Waals surface area contributed by atoms with E-state index >= 15 is 0 Å². The van der Waals surface area contributed by atoms with Crippen molar-refractivity contribution < 1.29 is 13.6 Å². The number of aromatic nitrogens is 3. The first-order chi connectivity index (χ1) is 12.4. The highest BCUT2D eigenvalue weighted by molar-refractivity contribution is 8.00. The average Bonchev–Trinajstić information content (AvgIpc) is 3.06. The molecule has 0 saturated heterocycles. The summed E-state index contributed by atoms with van der Waals surface area (Å²) in [5.41, 5.74) is 1.96. The van der Waals surface area contributed by atoms with E-state index in [2.05, 4.69) is 20.5 Å². The molecule has 0 unspecified atom stereocenters. The van der Waals surface area contributed by atoms with Gasteiger partial charge in [0.05, 0.1) is 10.9 Å². The van der Waals surface area contributed by atoms with Gasteiger partial charge < -0.3 is 5.32 Å². The lowest BCUT2D eigenvalue weighted by molar-refractivity contribution is -0.115. The van der Waals surface area contributed by atoms with Crippen LogP contribution in [0, 0.1) is 18.6 Å². The lowest BCUT2D eigenvalue weighted by atomic mass is 10.1. The maximum absolute atomic E-state index is 13.6. The van der Waals surface area contributed by atoms with E-state index in [1.165, 1.54) is 6.07 Å². The van der Waals surface area contributed by atoms with Crippen molar-refractivity contribution in [1.82, 2.24) is 15.2 Å². The van der Waals surface area contributed by atoms with E-state index in [1.807, 2.05) is 31.2 Å². The van der Waals surface area contributed by atoms with Gasteiger partial charge in [0.25, 0.3) is 0 Å². The van der Waals surface area contributed by atoms with E-state index in [0.717, 1.165) is 35.0 Å². The molecule has 134 valence electrons. The van der Waals surface area contributed by atoms with Gasteiger partial charge in [-0.25, -0.2) is 13.8 Å². The van der Waals surface area contributed by atoms with Crippen LogP contribution in [0.3, 0.4) is 0 Å². The average molecular weight is 374 g/mol. The Morgan fingerprint density at radius 2 is 1.92 bits per heavy atom. The minimum Gasteiger partial charge on any atom is -0.323 e. The van der Waals surface area contributed by atoms with Gasteiger partial charge in [0, 0.05) is 11.6 Å². The summed E-state index contributed by atoms with van der Waals surface area (Å²) in [6, 6.07) is 10.8. The molecule has 2 N–H and O–H groups in total. The third-order valence-corrected chi connectivity index (χ3v) is 4.59. The Morgan fingerprint density at radius 3 is 2.62 bits per heavy atom. The van der Waals surface area contributed by atoms with Crippen LogP contribution < -0.4 is 5.32 Å². The Labute approximate surface area is 153 Å². The number of aromatic amines is 1. The van der Waals surface area contributed by atoms with Gasteiger partial charge in [-0.05, 0) is 26.0 Å². The molecule has 8 heteroatoms. The molecule has 1 aromatic heterocycles. The minimum atomic E-state index is -0.824. The molecular formula is C18H16F2N4OS. The zero-order valence-electron chi connectivity index (χ0n) is 14.1. The molecule has 3 rings (SSSR count). The van der Waals surface area contributed by atoms with E-state index in [1.54, 1.807) is 6.92 Å². The van der Waals surface area contributed by atoms with E-state index < -0.39 is 22.8 Å². The Hall–Kier alpha value is -2.74. The molecule has 0 bridgehead atoms. The Kier molecular flexibility index (Phi) is 5.32. The lowest BCUT2D eigenvalue weighted by Crippen LogP contribution is -2.23. The molecule has 1 heterocycles. The van der Waals surface area contributed by atoms with Crippen molar-refractivity contribution in [3.8, 4) is 11.4 Å². The Morgan fingerprint density at radius 1 is 1.19 bits per heavy atom. The summed E-state index contributed by atoms with van der Waals surface area (Å²) in [6.45, 7) is 3.65. The molecule has 2 aromatic carbocycles. The third-order valence-electron chi connectivity index (χ3n) is 3.63. The molecule has 0 saturated carbocycles. The largest absolute Gasteiger partial charge is 0.323 e. The number of hydrogen-bond acceptors (Lipinski definition) is 4. The molecule has 0 aliphatic heterocycles. The number of rotatable bonds is 5. The van der Waals surface area contributed by atoms with Crippen LogP contribution in [-0.2, 0) is 4.79 Å². The fourth-order valence-electron chi connectivity index (χ4n) is 2.18. The van der Waals surface area contributed by atoms with Crippen LogP contribution in [0.4, 0.5) is 14.5 Å². The molecule has 0 fully saturated rings. The van der Waals surface area contributed by atoms with Crippen LogP contribution in [-0.4, -0.2) is 26.3 Å². The molecule has 0 radical (unpaired) electrons. The predicted molar refractivity (Wildman–Crippen MR) is 96.9 cm³/mol. The number of thioether (sulfide) groups is 1. The zero-order chi connectivity index (χ0) is 18.7. The number of carbonyl (C=O) groups excluding carboxylic acids is 1. The molecule has 3 aromatic rings. The molecule has 5 nitrogen and oxygen atoms in total. The summed E-state index contributed by atoms with van der Waals surface area (Å²) in [6.07, 6.45) is 0. The maximum atomic E-state index is 13.6. The number of hydrogen-bond donors (Lipinski definition) is 2. The summed E-state index contributed by atoms with van der Waals surface area (Å²) >= 11 is 1.14. The molecule has 1 atom stereocenters. The van der Waals surface area contributed by atoms with E-state index in [9.17, 15) is 13.6 Å². The number of H-pyrrole nitrogens is 1. The quantitative estimate of drug-likeness (QED) is 0.658. The van der Waals surface area contributed by atoms with Gasteiger partial charge >= 0.3 is 0 Å². The molecular weight excluding hydrogens is 358 g/mol. The SMILES string of the molecule is Cc1ccc(-c2nc(S[C@H](C)C(=O)Nc3ccc(F)cc3F)n[nH]2)cc1. The monoisotopic (exact) mass is 374 g/mol. The zero-order valence-corrected chi connectivity index (χ0v) is 14.9. The summed E-state index contributed by atoms with van der Waals surface area (Å²) in [5.74, 6) is -1.35. The van der Waals surface area contributed by atoms with Gasteiger partial charge in [-0.2, -0.15) is 0 Å². The van der Waals surface area contributed by atoms with Crippen molar-refractivity contribution in [2.75, 3.05) is 5.32 Å². The van der Waals surface area contributed by atoms with Crippen LogP contribution in [0.15, 0.2) is 47.6 Å². The van der Waals surface area contributed by atoms with Crippen LogP contribution >= 0.6 is 11.8 Å². The Bertz CT molecular complexity index is 927. The number of benzene rings is 2. The van der Waals surface area contributed by atoms with E-state index in [0.29, 0.717) is 11.0 Å². The lowest BCUT2D eigenvalue weighted by Gasteiger charge is -2.10. The fraction of sp³-hybridized carbons (Fsp3) is 0.167. The van der Waals surface area contributed by atoms with Crippen LogP contribution in [0.5, 0.6) is 0 Å². The van der Waals surface area contributed by atoms with Crippen LogP contribution in [0.1, 0.15) is 12.5 Å². The number of aryl methyl sites for hydroxylation is 1. The van der Waals surface area contributed by atoms with Crippen molar-refractivity contribution in [2.24, 2.45) is 0 Å².